The Morgan fingerprint density at radius 3 is 1.26 bits per heavy atom. The first kappa shape index (κ1) is 18.5. The van der Waals surface area contributed by atoms with Crippen LogP contribution in [0.3, 0.4) is 0 Å². The van der Waals surface area contributed by atoms with E-state index in [1.165, 1.54) is 0 Å². The van der Waals surface area contributed by atoms with Crippen LogP contribution in [0.4, 0.5) is 26.3 Å². The molecule has 0 aromatic carbocycles. The summed E-state index contributed by atoms with van der Waals surface area (Å²) in [6.07, 6.45) is -11.5. The van der Waals surface area contributed by atoms with E-state index in [0.29, 0.717) is 0 Å². The van der Waals surface area contributed by atoms with Gasteiger partial charge in [0.1, 0.15) is 0 Å². The maximum atomic E-state index is 12.0. The highest BCUT2D eigenvalue weighted by Gasteiger charge is 2.34. The summed E-state index contributed by atoms with van der Waals surface area (Å²) >= 11 is 0. The predicted octanol–water partition coefficient (Wildman–Crippen LogP) is 3.58. The van der Waals surface area contributed by atoms with Crippen molar-refractivity contribution in [1.82, 2.24) is 0 Å². The third-order valence-corrected chi connectivity index (χ3v) is 4.39. The van der Waals surface area contributed by atoms with Crippen LogP contribution in [-0.4, -0.2) is 32.3 Å². The van der Waals surface area contributed by atoms with E-state index in [-0.39, 0.29) is 0 Å². The molecule has 0 spiro atoms. The first-order valence-electron chi connectivity index (χ1n) is 5.54. The second-order valence-corrected chi connectivity index (χ2v) is 7.08. The van der Waals surface area contributed by atoms with Crippen LogP contribution in [0.15, 0.2) is 0 Å². The summed E-state index contributed by atoms with van der Waals surface area (Å²) < 4.78 is 95.1. The van der Waals surface area contributed by atoms with Gasteiger partial charge in [-0.15, -0.1) is 0 Å². The van der Waals surface area contributed by atoms with Crippen LogP contribution in [0.25, 0.3) is 0 Å². The van der Waals surface area contributed by atoms with Crippen LogP contribution in [0.1, 0.15) is 26.7 Å². The molecule has 0 rings (SSSR count). The van der Waals surface area contributed by atoms with Crippen molar-refractivity contribution in [2.45, 2.75) is 39.0 Å². The molecule has 9 heteroatoms. The fraction of sp³-hybridized carbons (Fsp3) is 1.00. The maximum Gasteiger partial charge on any atom is 0.389 e. The largest absolute Gasteiger partial charge is 0.389 e. The van der Waals surface area contributed by atoms with Crippen molar-refractivity contribution >= 4 is 9.84 Å². The van der Waals surface area contributed by atoms with Gasteiger partial charge in [0.2, 0.25) is 0 Å². The molecule has 0 aliphatic rings. The number of rotatable bonds is 6. The molecule has 0 aromatic rings. The zero-order chi connectivity index (χ0) is 15.5. The molecule has 0 aromatic heterocycles. The molecule has 0 aliphatic heterocycles. The Morgan fingerprint density at radius 2 is 1.05 bits per heavy atom. The number of sulfone groups is 1. The molecule has 19 heavy (non-hydrogen) atoms. The van der Waals surface area contributed by atoms with Gasteiger partial charge in [-0.2, -0.15) is 26.3 Å². The molecule has 0 amide bonds. The molecule has 0 saturated carbocycles. The third-order valence-electron chi connectivity index (χ3n) is 2.24. The van der Waals surface area contributed by atoms with E-state index >= 15 is 0 Å². The SMILES string of the molecule is CC(CC(F)(F)F)CS(=O)(=O)CC(C)CC(F)(F)F. The molecule has 0 heterocycles. The highest BCUT2D eigenvalue weighted by Crippen LogP contribution is 2.28. The molecule has 2 unspecified atom stereocenters. The van der Waals surface area contributed by atoms with Gasteiger partial charge in [0.05, 0.1) is 11.5 Å². The lowest BCUT2D eigenvalue weighted by atomic mass is 10.1. The number of hydrogen-bond acceptors (Lipinski definition) is 2. The molecule has 2 nitrogen and oxygen atoms in total. The van der Waals surface area contributed by atoms with Gasteiger partial charge in [0, 0.05) is 12.8 Å². The van der Waals surface area contributed by atoms with Gasteiger partial charge in [-0.05, 0) is 11.8 Å². The molecular formula is C10H16F6O2S. The van der Waals surface area contributed by atoms with E-state index in [4.69, 9.17) is 0 Å². The Morgan fingerprint density at radius 1 is 0.789 bits per heavy atom. The van der Waals surface area contributed by atoms with Crippen molar-refractivity contribution in [2.24, 2.45) is 11.8 Å². The quantitative estimate of drug-likeness (QED) is 0.702. The average molecular weight is 314 g/mol. The Labute approximate surface area is 108 Å². The van der Waals surface area contributed by atoms with Crippen molar-refractivity contribution in [2.75, 3.05) is 11.5 Å². The van der Waals surface area contributed by atoms with Crippen LogP contribution in [0.2, 0.25) is 0 Å². The number of halogens is 6. The second kappa shape index (κ2) is 6.32. The summed E-state index contributed by atoms with van der Waals surface area (Å²) in [5.41, 5.74) is 0. The number of hydrogen-bond donors (Lipinski definition) is 0. The minimum Gasteiger partial charge on any atom is -0.229 e. The van der Waals surface area contributed by atoms with Gasteiger partial charge >= 0.3 is 12.4 Å². The minimum atomic E-state index is -4.48. The summed E-state index contributed by atoms with van der Waals surface area (Å²) in [6.45, 7) is 2.22. The first-order chi connectivity index (χ1) is 8.20. The predicted molar refractivity (Wildman–Crippen MR) is 58.3 cm³/mol. The van der Waals surface area contributed by atoms with E-state index < -0.39 is 58.4 Å². The lowest BCUT2D eigenvalue weighted by Crippen LogP contribution is -2.26. The lowest BCUT2D eigenvalue weighted by Gasteiger charge is -2.17. The lowest BCUT2D eigenvalue weighted by molar-refractivity contribution is -0.142. The second-order valence-electron chi connectivity index (χ2n) is 4.93. The molecule has 0 radical (unpaired) electrons. The Hall–Kier alpha value is -0.470. The standard InChI is InChI=1S/C10H16F6O2S/c1-7(3-9(11,12)13)5-19(17,18)6-8(2)4-10(14,15)16/h7-8H,3-6H2,1-2H3. The molecular weight excluding hydrogens is 298 g/mol. The minimum absolute atomic E-state index is 0.755. The van der Waals surface area contributed by atoms with Gasteiger partial charge < -0.3 is 0 Å². The maximum absolute atomic E-state index is 12.0. The van der Waals surface area contributed by atoms with Crippen molar-refractivity contribution in [3.8, 4) is 0 Å². The zero-order valence-electron chi connectivity index (χ0n) is 10.5. The van der Waals surface area contributed by atoms with Crippen LogP contribution >= 0.6 is 0 Å². The van der Waals surface area contributed by atoms with Gasteiger partial charge in [-0.3, -0.25) is 0 Å². The summed E-state index contributed by atoms with van der Waals surface area (Å²) in [5.74, 6) is -3.84. The molecule has 0 fully saturated rings. The summed E-state index contributed by atoms with van der Waals surface area (Å²) in [4.78, 5) is 0. The van der Waals surface area contributed by atoms with Crippen LogP contribution in [-0.2, 0) is 9.84 Å². The van der Waals surface area contributed by atoms with Crippen molar-refractivity contribution in [1.29, 1.82) is 0 Å². The fourth-order valence-corrected chi connectivity index (χ4v) is 3.95. The zero-order valence-corrected chi connectivity index (χ0v) is 11.3. The highest BCUT2D eigenvalue weighted by atomic mass is 32.2. The smallest absolute Gasteiger partial charge is 0.229 e. The van der Waals surface area contributed by atoms with E-state index in [1.54, 1.807) is 0 Å². The Kier molecular flexibility index (Phi) is 6.16. The van der Waals surface area contributed by atoms with Gasteiger partial charge in [0.15, 0.2) is 9.84 Å². The molecule has 0 saturated heterocycles. The van der Waals surface area contributed by atoms with E-state index in [9.17, 15) is 34.8 Å². The molecule has 0 aliphatic carbocycles. The fourth-order valence-electron chi connectivity index (χ4n) is 1.84. The molecule has 116 valence electrons. The van der Waals surface area contributed by atoms with Crippen molar-refractivity contribution in [3.63, 3.8) is 0 Å². The highest BCUT2D eigenvalue weighted by molar-refractivity contribution is 7.91. The number of alkyl halides is 6. The summed E-state index contributed by atoms with van der Waals surface area (Å²) in [6, 6.07) is 0. The van der Waals surface area contributed by atoms with E-state index in [2.05, 4.69) is 0 Å². The average Bonchev–Trinajstić information content (AvgIpc) is 1.89. The normalized spacial score (nSPS) is 17.3. The van der Waals surface area contributed by atoms with Crippen LogP contribution < -0.4 is 0 Å². The summed E-state index contributed by atoms with van der Waals surface area (Å²) in [5, 5.41) is 0. The van der Waals surface area contributed by atoms with Gasteiger partial charge in [-0.25, -0.2) is 8.42 Å². The monoisotopic (exact) mass is 314 g/mol. The Bertz CT molecular complexity index is 340. The van der Waals surface area contributed by atoms with Gasteiger partial charge in [-0.1, -0.05) is 13.8 Å². The van der Waals surface area contributed by atoms with Crippen molar-refractivity contribution < 1.29 is 34.8 Å². The van der Waals surface area contributed by atoms with E-state index in [1.807, 2.05) is 0 Å². The molecule has 2 atom stereocenters. The van der Waals surface area contributed by atoms with E-state index in [0.717, 1.165) is 13.8 Å². The molecule has 0 bridgehead atoms. The van der Waals surface area contributed by atoms with Crippen LogP contribution in [0, 0.1) is 11.8 Å². The first-order valence-corrected chi connectivity index (χ1v) is 7.36. The molecule has 0 N–H and O–H groups in total. The van der Waals surface area contributed by atoms with Crippen LogP contribution in [0.5, 0.6) is 0 Å². The third kappa shape index (κ3) is 11.1. The summed E-state index contributed by atoms with van der Waals surface area (Å²) in [7, 11) is -3.92. The topological polar surface area (TPSA) is 34.1 Å². The Balaban J connectivity index is 4.41. The van der Waals surface area contributed by atoms with Gasteiger partial charge in [0.25, 0.3) is 0 Å². The van der Waals surface area contributed by atoms with Crippen molar-refractivity contribution in [3.05, 3.63) is 0 Å².